The quantitative estimate of drug-likeness (QED) is 0.644. The van der Waals surface area contributed by atoms with Gasteiger partial charge in [-0.2, -0.15) is 0 Å². The first-order chi connectivity index (χ1) is 4.97. The first-order valence-corrected chi connectivity index (χ1v) is 3.35. The zero-order valence-corrected chi connectivity index (χ0v) is 8.20. The SMILES string of the molecule is C1=Cc2ccccc2OC1.[Co].[Cu]. The summed E-state index contributed by atoms with van der Waals surface area (Å²) in [4.78, 5) is 0. The maximum Gasteiger partial charge on any atom is 0.126 e. The van der Waals surface area contributed by atoms with Crippen LogP contribution in [-0.4, -0.2) is 6.61 Å². The van der Waals surface area contributed by atoms with Gasteiger partial charge in [-0.15, -0.1) is 0 Å². The van der Waals surface area contributed by atoms with Crippen LogP contribution in [0.15, 0.2) is 30.3 Å². The molecule has 0 unspecified atom stereocenters. The largest absolute Gasteiger partial charge is 0.489 e. The summed E-state index contributed by atoms with van der Waals surface area (Å²) >= 11 is 0. The maximum absolute atomic E-state index is 5.34. The minimum absolute atomic E-state index is 0. The van der Waals surface area contributed by atoms with E-state index >= 15 is 0 Å². The molecule has 0 bridgehead atoms. The third kappa shape index (κ3) is 2.39. The van der Waals surface area contributed by atoms with Crippen molar-refractivity contribution in [1.82, 2.24) is 0 Å². The van der Waals surface area contributed by atoms with Crippen molar-refractivity contribution >= 4 is 6.08 Å². The molecule has 12 heavy (non-hydrogen) atoms. The van der Waals surface area contributed by atoms with Gasteiger partial charge in [-0.3, -0.25) is 0 Å². The molecule has 0 atom stereocenters. The van der Waals surface area contributed by atoms with Crippen molar-refractivity contribution in [3.05, 3.63) is 35.9 Å². The molecule has 70 valence electrons. The van der Waals surface area contributed by atoms with Gasteiger partial charge in [0.1, 0.15) is 12.4 Å². The minimum atomic E-state index is 0. The van der Waals surface area contributed by atoms with Crippen molar-refractivity contribution in [2.75, 3.05) is 6.61 Å². The summed E-state index contributed by atoms with van der Waals surface area (Å²) in [6.45, 7) is 0.705. The Labute approximate surface area is 92.9 Å². The topological polar surface area (TPSA) is 9.23 Å². The second-order valence-electron chi connectivity index (χ2n) is 2.25. The molecule has 1 nitrogen and oxygen atoms in total. The number of hydrogen-bond donors (Lipinski definition) is 0. The standard InChI is InChI=1S/C9H8O.Co.Cu/c1-2-6-9-8(4-1)5-3-7-10-9;;/h1-6H,7H2;;. The number of fused-ring (bicyclic) bond motifs is 1. The number of benzene rings is 1. The normalized spacial score (nSPS) is 11.7. The number of hydrogen-bond acceptors (Lipinski definition) is 1. The van der Waals surface area contributed by atoms with Gasteiger partial charge in [-0.1, -0.05) is 24.3 Å². The Kier molecular flexibility index (Phi) is 5.34. The Bertz CT molecular complexity index is 273. The van der Waals surface area contributed by atoms with E-state index < -0.39 is 0 Å². The molecule has 1 aliphatic rings. The van der Waals surface area contributed by atoms with E-state index in [1.165, 1.54) is 5.56 Å². The predicted octanol–water partition coefficient (Wildman–Crippen LogP) is 2.09. The van der Waals surface area contributed by atoms with Crippen LogP contribution < -0.4 is 4.74 Å². The fourth-order valence-corrected chi connectivity index (χ4v) is 1.06. The Morgan fingerprint density at radius 2 is 1.92 bits per heavy atom. The third-order valence-corrected chi connectivity index (χ3v) is 1.55. The summed E-state index contributed by atoms with van der Waals surface area (Å²) < 4.78 is 5.34. The van der Waals surface area contributed by atoms with Gasteiger partial charge in [0.15, 0.2) is 0 Å². The molecule has 0 aliphatic carbocycles. The van der Waals surface area contributed by atoms with E-state index in [4.69, 9.17) is 4.74 Å². The Hall–Kier alpha value is -0.214. The van der Waals surface area contributed by atoms with E-state index in [0.717, 1.165) is 5.75 Å². The molecule has 2 radical (unpaired) electrons. The van der Waals surface area contributed by atoms with Crippen molar-refractivity contribution in [1.29, 1.82) is 0 Å². The van der Waals surface area contributed by atoms with Crippen LogP contribution in [0.25, 0.3) is 6.08 Å². The van der Waals surface area contributed by atoms with Gasteiger partial charge >= 0.3 is 0 Å². The second-order valence-corrected chi connectivity index (χ2v) is 2.25. The molecule has 0 amide bonds. The third-order valence-electron chi connectivity index (χ3n) is 1.55. The first kappa shape index (κ1) is 11.8. The molecule has 0 aromatic heterocycles. The summed E-state index contributed by atoms with van der Waals surface area (Å²) in [5.41, 5.74) is 1.17. The molecule has 1 aromatic rings. The summed E-state index contributed by atoms with van der Waals surface area (Å²) in [5.74, 6) is 0.991. The molecular weight excluding hydrogens is 247 g/mol. The van der Waals surface area contributed by atoms with Crippen LogP contribution in [0, 0.1) is 0 Å². The molecule has 0 N–H and O–H groups in total. The van der Waals surface area contributed by atoms with Gasteiger partial charge in [0.2, 0.25) is 0 Å². The van der Waals surface area contributed by atoms with Crippen molar-refractivity contribution in [3.63, 3.8) is 0 Å². The van der Waals surface area contributed by atoms with E-state index in [1.54, 1.807) is 0 Å². The average Bonchev–Trinajstić information content (AvgIpc) is 2.05. The van der Waals surface area contributed by atoms with Crippen LogP contribution in [0.2, 0.25) is 0 Å². The molecule has 3 heteroatoms. The van der Waals surface area contributed by atoms with Crippen molar-refractivity contribution in [3.8, 4) is 5.75 Å². The number of para-hydroxylation sites is 1. The molecule has 0 saturated heterocycles. The van der Waals surface area contributed by atoms with Gasteiger partial charge in [0.05, 0.1) is 0 Å². The Morgan fingerprint density at radius 1 is 1.17 bits per heavy atom. The van der Waals surface area contributed by atoms with Gasteiger partial charge in [0.25, 0.3) is 0 Å². The van der Waals surface area contributed by atoms with Crippen LogP contribution in [0.4, 0.5) is 0 Å². The fraction of sp³-hybridized carbons (Fsp3) is 0.111. The van der Waals surface area contributed by atoms with Crippen LogP contribution in [0.3, 0.4) is 0 Å². The van der Waals surface area contributed by atoms with E-state index in [-0.39, 0.29) is 33.8 Å². The smallest absolute Gasteiger partial charge is 0.126 e. The van der Waals surface area contributed by atoms with E-state index in [0.29, 0.717) is 6.61 Å². The summed E-state index contributed by atoms with van der Waals surface area (Å²) in [6, 6.07) is 8.03. The van der Waals surface area contributed by atoms with Crippen molar-refractivity contribution < 1.29 is 38.6 Å². The first-order valence-electron chi connectivity index (χ1n) is 3.35. The molecule has 1 aliphatic heterocycles. The second kappa shape index (κ2) is 5.43. The van der Waals surface area contributed by atoms with Gasteiger partial charge in [-0.05, 0) is 12.1 Å². The Morgan fingerprint density at radius 3 is 2.67 bits per heavy atom. The summed E-state index contributed by atoms with van der Waals surface area (Å²) in [7, 11) is 0. The Balaban J connectivity index is 0.000000605. The van der Waals surface area contributed by atoms with E-state index in [9.17, 15) is 0 Å². The molecular formula is C9H8CoCuO. The van der Waals surface area contributed by atoms with Crippen molar-refractivity contribution in [2.45, 2.75) is 0 Å². The average molecular weight is 255 g/mol. The van der Waals surface area contributed by atoms with Crippen LogP contribution in [-0.2, 0) is 33.8 Å². The number of rotatable bonds is 0. The van der Waals surface area contributed by atoms with Gasteiger partial charge < -0.3 is 4.74 Å². The maximum atomic E-state index is 5.34. The number of ether oxygens (including phenoxy) is 1. The van der Waals surface area contributed by atoms with Gasteiger partial charge in [-0.25, -0.2) is 0 Å². The molecule has 2 rings (SSSR count). The minimum Gasteiger partial charge on any atom is -0.489 e. The molecule has 1 heterocycles. The monoisotopic (exact) mass is 254 g/mol. The van der Waals surface area contributed by atoms with Crippen LogP contribution in [0.5, 0.6) is 5.75 Å². The zero-order chi connectivity index (χ0) is 6.81. The molecule has 1 aromatic carbocycles. The van der Waals surface area contributed by atoms with Crippen molar-refractivity contribution in [2.24, 2.45) is 0 Å². The zero-order valence-electron chi connectivity index (χ0n) is 6.21. The van der Waals surface area contributed by atoms with Gasteiger partial charge in [0, 0.05) is 39.4 Å². The molecule has 0 saturated carbocycles. The fourth-order valence-electron chi connectivity index (χ4n) is 1.06. The van der Waals surface area contributed by atoms with E-state index in [2.05, 4.69) is 6.08 Å². The molecule has 0 fully saturated rings. The van der Waals surface area contributed by atoms with Crippen LogP contribution in [0.1, 0.15) is 5.56 Å². The molecule has 0 spiro atoms. The summed E-state index contributed by atoms with van der Waals surface area (Å²) in [5, 5.41) is 0. The van der Waals surface area contributed by atoms with E-state index in [1.807, 2.05) is 30.3 Å². The summed E-state index contributed by atoms with van der Waals surface area (Å²) in [6.07, 6.45) is 4.10. The predicted molar refractivity (Wildman–Crippen MR) is 41.0 cm³/mol. The van der Waals surface area contributed by atoms with Crippen LogP contribution >= 0.6 is 0 Å².